The minimum atomic E-state index is 0. The first-order chi connectivity index (χ1) is 1.41. The van der Waals surface area contributed by atoms with Crippen molar-refractivity contribution in [2.75, 3.05) is 0 Å². The molecule has 0 aliphatic heterocycles. The summed E-state index contributed by atoms with van der Waals surface area (Å²) in [5.74, 6) is 0. The predicted molar refractivity (Wildman–Crippen MR) is 12.8 cm³/mol. The first-order valence-electron chi connectivity index (χ1n) is 0.309. The zero-order valence-electron chi connectivity index (χ0n) is 2.02. The Kier molecular flexibility index (Phi) is 54.2. The van der Waals surface area contributed by atoms with E-state index in [1.54, 1.807) is 0 Å². The Morgan fingerprint density at radius 2 is 1.20 bits per heavy atom. The molecule has 0 aliphatic carbocycles. The van der Waals surface area contributed by atoms with Gasteiger partial charge < -0.3 is 0 Å². The van der Waals surface area contributed by atoms with Crippen molar-refractivity contribution in [3.8, 4) is 0 Å². The van der Waals surface area contributed by atoms with Crippen LogP contribution in [0, 0.1) is 0 Å². The van der Waals surface area contributed by atoms with Crippen molar-refractivity contribution in [1.82, 2.24) is 0 Å². The van der Waals surface area contributed by atoms with E-state index < -0.39 is 0 Å². The average Bonchev–Trinajstić information content (AvgIpc) is 0.918. The molecule has 0 spiro atoms. The van der Waals surface area contributed by atoms with E-state index in [1.165, 1.54) is 0 Å². The van der Waals surface area contributed by atoms with Gasteiger partial charge >= 0.3 is 0 Å². The minimum absolute atomic E-state index is 0. The van der Waals surface area contributed by atoms with Crippen LogP contribution in [0.15, 0.2) is 0 Å². The van der Waals surface area contributed by atoms with E-state index in [1.807, 2.05) is 0 Å². The second kappa shape index (κ2) is 17.1. The van der Waals surface area contributed by atoms with Gasteiger partial charge in [-0.2, -0.15) is 3.84 Å². The van der Waals surface area contributed by atoms with Gasteiger partial charge in [0.25, 0.3) is 0 Å². The van der Waals surface area contributed by atoms with E-state index in [4.69, 9.17) is 0 Å². The summed E-state index contributed by atoms with van der Waals surface area (Å²) >= 11 is 8.53. The van der Waals surface area contributed by atoms with E-state index in [-0.39, 0.29) is 38.8 Å². The monoisotopic (exact) mass is 190 g/mol. The van der Waals surface area contributed by atoms with Crippen LogP contribution in [0.4, 0.5) is 0 Å². The Hall–Kier alpha value is 1.77. The largest absolute Gasteiger partial charge is 0.166 e. The molecule has 0 heterocycles. The summed E-state index contributed by atoms with van der Waals surface area (Å²) in [5.41, 5.74) is 0. The SMILES string of the molecule is ClOCl.[Fe].[Ti]. The minimum Gasteiger partial charge on any atom is -0.166 e. The Morgan fingerprint density at radius 1 is 1.20 bits per heavy atom. The van der Waals surface area contributed by atoms with E-state index in [0.717, 1.165) is 0 Å². The van der Waals surface area contributed by atoms with Crippen molar-refractivity contribution in [2.45, 2.75) is 0 Å². The molecule has 0 N–H and O–H groups in total. The first-order valence-corrected chi connectivity index (χ1v) is 0.926. The number of halogens is 2. The Bertz CT molecular complexity index is 9.61. The van der Waals surface area contributed by atoms with E-state index >= 15 is 0 Å². The number of hydrogen-bond acceptors (Lipinski definition) is 1. The van der Waals surface area contributed by atoms with Crippen molar-refractivity contribution in [2.24, 2.45) is 0 Å². The van der Waals surface area contributed by atoms with Crippen LogP contribution in [-0.2, 0) is 42.6 Å². The summed E-state index contributed by atoms with van der Waals surface area (Å²) in [4.78, 5) is 0. The maximum atomic E-state index is 4.26. The van der Waals surface area contributed by atoms with Crippen LogP contribution in [-0.4, -0.2) is 0 Å². The van der Waals surface area contributed by atoms with Crippen molar-refractivity contribution < 1.29 is 42.6 Å². The van der Waals surface area contributed by atoms with Crippen LogP contribution in [0.2, 0.25) is 0 Å². The molecule has 0 fully saturated rings. The van der Waals surface area contributed by atoms with Gasteiger partial charge in [0, 0.05) is 38.8 Å². The molecule has 1 nitrogen and oxygen atoms in total. The maximum Gasteiger partial charge on any atom is 0.0832 e. The molecule has 0 bridgehead atoms. The quantitative estimate of drug-likeness (QED) is 0.524. The molecule has 5 heteroatoms. The Labute approximate surface area is 66.0 Å². The van der Waals surface area contributed by atoms with Crippen molar-refractivity contribution in [1.29, 1.82) is 0 Å². The van der Waals surface area contributed by atoms with E-state index in [2.05, 4.69) is 27.6 Å². The van der Waals surface area contributed by atoms with Gasteiger partial charge in [-0.15, -0.1) is 0 Å². The Morgan fingerprint density at radius 3 is 1.20 bits per heavy atom. The van der Waals surface area contributed by atoms with Crippen LogP contribution >= 0.6 is 23.7 Å². The molecule has 0 atom stereocenters. The van der Waals surface area contributed by atoms with Crippen LogP contribution in [0.5, 0.6) is 0 Å². The van der Waals surface area contributed by atoms with Gasteiger partial charge in [-0.3, -0.25) is 0 Å². The van der Waals surface area contributed by atoms with Gasteiger partial charge in [0.1, 0.15) is 0 Å². The molecule has 5 heavy (non-hydrogen) atoms. The molecule has 0 aromatic carbocycles. The fourth-order valence-corrected chi connectivity index (χ4v) is 0. The molecule has 0 amide bonds. The fourth-order valence-electron chi connectivity index (χ4n) is 0. The Balaban J connectivity index is -0.0000000200. The molecule has 0 saturated heterocycles. The van der Waals surface area contributed by atoms with Gasteiger partial charge in [0.15, 0.2) is 0 Å². The van der Waals surface area contributed by atoms with Gasteiger partial charge in [0.2, 0.25) is 0 Å². The third-order valence-electron chi connectivity index (χ3n) is 0. The van der Waals surface area contributed by atoms with Crippen LogP contribution in [0.3, 0.4) is 0 Å². The van der Waals surface area contributed by atoms with Gasteiger partial charge in [-0.05, 0) is 0 Å². The van der Waals surface area contributed by atoms with E-state index in [0.29, 0.717) is 0 Å². The summed E-state index contributed by atoms with van der Waals surface area (Å²) in [6, 6.07) is 0. The second-order valence-electron chi connectivity index (χ2n) is 0.0583. The fraction of sp³-hybridized carbons (Fsp3) is 0. The summed E-state index contributed by atoms with van der Waals surface area (Å²) < 4.78 is 3.19. The average molecular weight is 191 g/mol. The maximum absolute atomic E-state index is 4.26. The van der Waals surface area contributed by atoms with Gasteiger partial charge in [-0.1, -0.05) is 0 Å². The summed E-state index contributed by atoms with van der Waals surface area (Å²) in [6.45, 7) is 0. The standard InChI is InChI=1S/Cl2O.Fe.Ti/c1-3-2;;. The van der Waals surface area contributed by atoms with Crippen LogP contribution in [0.25, 0.3) is 0 Å². The third kappa shape index (κ3) is 26.1. The van der Waals surface area contributed by atoms with Crippen molar-refractivity contribution in [3.05, 3.63) is 0 Å². The van der Waals surface area contributed by atoms with Crippen LogP contribution in [0.1, 0.15) is 0 Å². The van der Waals surface area contributed by atoms with Crippen LogP contribution < -0.4 is 0 Å². The first kappa shape index (κ1) is 15.9. The van der Waals surface area contributed by atoms with Gasteiger partial charge in [-0.25, -0.2) is 0 Å². The zero-order chi connectivity index (χ0) is 2.71. The molecule has 0 saturated carbocycles. The molecule has 32 valence electrons. The summed E-state index contributed by atoms with van der Waals surface area (Å²) in [7, 11) is 0. The molecule has 0 rings (SSSR count). The third-order valence-corrected chi connectivity index (χ3v) is 0. The molecule has 0 aromatic heterocycles. The van der Waals surface area contributed by atoms with E-state index in [9.17, 15) is 0 Å². The molecular weight excluding hydrogens is 191 g/mol. The topological polar surface area (TPSA) is 9.23 Å². The van der Waals surface area contributed by atoms with Gasteiger partial charge in [0.05, 0.1) is 23.7 Å². The number of hydrogen-bond donors (Lipinski definition) is 0. The summed E-state index contributed by atoms with van der Waals surface area (Å²) in [5, 5.41) is 0. The smallest absolute Gasteiger partial charge is 0.0832 e. The molecular formula is Cl2FeOTi. The van der Waals surface area contributed by atoms with Crippen molar-refractivity contribution >= 4 is 23.7 Å². The summed E-state index contributed by atoms with van der Waals surface area (Å²) in [6.07, 6.45) is 0. The normalized spacial score (nSPS) is 3.60. The molecule has 0 unspecified atom stereocenters. The molecule has 0 aromatic rings. The zero-order valence-corrected chi connectivity index (χ0v) is 6.20. The number of rotatable bonds is 0. The van der Waals surface area contributed by atoms with Crippen molar-refractivity contribution in [3.63, 3.8) is 0 Å². The molecule has 0 radical (unpaired) electrons. The second-order valence-corrected chi connectivity index (χ2v) is 0.525. The molecule has 0 aliphatic rings. The predicted octanol–water partition coefficient (Wildman–Crippen LogP) is 1.31.